The maximum absolute atomic E-state index is 12.9. The van der Waals surface area contributed by atoms with Crippen LogP contribution >= 0.6 is 0 Å². The Kier molecular flexibility index (Phi) is 30.1. The van der Waals surface area contributed by atoms with Gasteiger partial charge in [-0.05, 0) is 19.3 Å². The summed E-state index contributed by atoms with van der Waals surface area (Å²) in [7, 11) is -5.08. The highest BCUT2D eigenvalue weighted by Gasteiger charge is 2.48. The van der Waals surface area contributed by atoms with E-state index in [-0.39, 0.29) is 18.9 Å². The predicted octanol–water partition coefficient (Wildman–Crippen LogP) is 7.21. The molecule has 0 aromatic heterocycles. The fourth-order valence-electron chi connectivity index (χ4n) is 6.75. The Hall–Kier alpha value is -1.16. The summed E-state index contributed by atoms with van der Waals surface area (Å²) in [5, 5.41) is 44.5. The van der Waals surface area contributed by atoms with Crippen LogP contribution in [0.3, 0.4) is 0 Å². The average molecular weight is 780 g/mol. The molecule has 0 aromatic carbocycles. The van der Waals surface area contributed by atoms with Gasteiger partial charge in [0.25, 0.3) is 0 Å². The highest BCUT2D eigenvalue weighted by atomic mass is 32.3. The molecule has 314 valence electrons. The van der Waals surface area contributed by atoms with Crippen LogP contribution in [0.5, 0.6) is 0 Å². The van der Waals surface area contributed by atoms with Crippen LogP contribution in [0.1, 0.15) is 181 Å². The summed E-state index contributed by atoms with van der Waals surface area (Å²) < 4.78 is 47.4. The molecule has 1 aliphatic heterocycles. The van der Waals surface area contributed by atoms with E-state index in [0.29, 0.717) is 6.42 Å². The first-order valence-corrected chi connectivity index (χ1v) is 22.4. The lowest BCUT2D eigenvalue weighted by atomic mass is 9.99. The smallest absolute Gasteiger partial charge is 0.394 e. The molecule has 1 amide bonds. The molecule has 0 bridgehead atoms. The highest BCUT2D eigenvalue weighted by molar-refractivity contribution is 7.80. The molecular weight excluding hydrogens is 703 g/mol. The van der Waals surface area contributed by atoms with Crippen molar-refractivity contribution < 1.29 is 51.8 Å². The number of allylic oxidation sites excluding steroid dienone is 1. The molecule has 0 aromatic rings. The van der Waals surface area contributed by atoms with Crippen molar-refractivity contribution in [3.05, 3.63) is 12.2 Å². The lowest BCUT2D eigenvalue weighted by Gasteiger charge is -2.41. The van der Waals surface area contributed by atoms with Crippen LogP contribution in [0.25, 0.3) is 0 Å². The first-order valence-electron chi connectivity index (χ1n) is 21.1. The van der Waals surface area contributed by atoms with E-state index in [9.17, 15) is 33.6 Å². The van der Waals surface area contributed by atoms with Gasteiger partial charge in [0.15, 0.2) is 6.29 Å². The summed E-state index contributed by atoms with van der Waals surface area (Å²) >= 11 is 0. The molecular formula is C40H77NO11S. The minimum atomic E-state index is -5.08. The molecule has 1 heterocycles. The normalized spacial score (nSPS) is 22.0. The third-order valence-corrected chi connectivity index (χ3v) is 10.5. The second-order valence-corrected chi connectivity index (χ2v) is 16.0. The van der Waals surface area contributed by atoms with Gasteiger partial charge in [-0.25, -0.2) is 4.18 Å². The Balaban J connectivity index is 2.59. The third-order valence-electron chi connectivity index (χ3n) is 10.1. The molecule has 0 saturated carbocycles. The van der Waals surface area contributed by atoms with Crippen molar-refractivity contribution in [2.75, 3.05) is 13.2 Å². The van der Waals surface area contributed by atoms with Gasteiger partial charge in [0.05, 0.1) is 25.4 Å². The maximum Gasteiger partial charge on any atom is 0.397 e. The summed E-state index contributed by atoms with van der Waals surface area (Å²) in [6.07, 6.45) is 24.0. The third kappa shape index (κ3) is 25.6. The zero-order valence-electron chi connectivity index (χ0n) is 33.1. The van der Waals surface area contributed by atoms with Crippen LogP contribution in [-0.4, -0.2) is 95.4 Å². The first-order chi connectivity index (χ1) is 25.5. The number of aliphatic hydroxyl groups excluding tert-OH is 4. The number of carbonyl (C=O) groups excluding carboxylic acids is 1. The van der Waals surface area contributed by atoms with Crippen LogP contribution in [0.15, 0.2) is 12.2 Å². The lowest BCUT2D eigenvalue weighted by Crippen LogP contribution is -2.61. The van der Waals surface area contributed by atoms with Gasteiger partial charge in [-0.1, -0.05) is 167 Å². The van der Waals surface area contributed by atoms with Crippen molar-refractivity contribution in [2.45, 2.75) is 224 Å². The lowest BCUT2D eigenvalue weighted by molar-refractivity contribution is -0.298. The Morgan fingerprint density at radius 3 is 1.64 bits per heavy atom. The highest BCUT2D eigenvalue weighted by Crippen LogP contribution is 2.26. The summed E-state index contributed by atoms with van der Waals surface area (Å²) in [5.74, 6) is -0.264. The molecule has 12 nitrogen and oxygen atoms in total. The monoisotopic (exact) mass is 780 g/mol. The fraction of sp³-hybridized carbons (Fsp3) is 0.925. The van der Waals surface area contributed by atoms with Crippen molar-refractivity contribution >= 4 is 16.3 Å². The molecule has 7 unspecified atom stereocenters. The van der Waals surface area contributed by atoms with Gasteiger partial charge in [-0.3, -0.25) is 9.35 Å². The number of aliphatic hydroxyl groups is 4. The van der Waals surface area contributed by atoms with Crippen LogP contribution < -0.4 is 5.32 Å². The molecule has 1 fully saturated rings. The quantitative estimate of drug-likeness (QED) is 0.0216. The molecule has 0 radical (unpaired) electrons. The van der Waals surface area contributed by atoms with E-state index in [2.05, 4.69) is 23.3 Å². The van der Waals surface area contributed by atoms with Crippen LogP contribution in [-0.2, 0) is 28.9 Å². The van der Waals surface area contributed by atoms with Crippen molar-refractivity contribution in [2.24, 2.45) is 0 Å². The van der Waals surface area contributed by atoms with E-state index in [0.717, 1.165) is 38.5 Å². The molecule has 53 heavy (non-hydrogen) atoms. The maximum atomic E-state index is 12.9. The number of unbranched alkanes of at least 4 members (excludes halogenated alkanes) is 23. The average Bonchev–Trinajstić information content (AvgIpc) is 3.12. The summed E-state index contributed by atoms with van der Waals surface area (Å²) in [4.78, 5) is 12.9. The van der Waals surface area contributed by atoms with E-state index < -0.39 is 59.9 Å². The van der Waals surface area contributed by atoms with Gasteiger partial charge in [-0.2, -0.15) is 8.42 Å². The molecule has 1 aliphatic rings. The van der Waals surface area contributed by atoms with Gasteiger partial charge in [0.2, 0.25) is 5.91 Å². The van der Waals surface area contributed by atoms with Gasteiger partial charge in [-0.15, -0.1) is 0 Å². The van der Waals surface area contributed by atoms with E-state index in [1.165, 1.54) is 116 Å². The van der Waals surface area contributed by atoms with Crippen molar-refractivity contribution in [1.82, 2.24) is 5.32 Å². The number of amides is 1. The minimum absolute atomic E-state index is 0.264. The number of ether oxygens (including phenoxy) is 2. The Bertz CT molecular complexity index is 1010. The summed E-state index contributed by atoms with van der Waals surface area (Å²) in [5.41, 5.74) is 0. The largest absolute Gasteiger partial charge is 0.397 e. The number of hydrogen-bond donors (Lipinski definition) is 6. The number of nitrogens with one attached hydrogen (secondary N) is 1. The van der Waals surface area contributed by atoms with Gasteiger partial charge in [0.1, 0.15) is 24.4 Å². The van der Waals surface area contributed by atoms with Crippen LogP contribution in [0, 0.1) is 0 Å². The first kappa shape index (κ1) is 49.9. The molecule has 6 N–H and O–H groups in total. The van der Waals surface area contributed by atoms with Crippen molar-refractivity contribution in [1.29, 1.82) is 0 Å². The predicted molar refractivity (Wildman–Crippen MR) is 209 cm³/mol. The van der Waals surface area contributed by atoms with Crippen molar-refractivity contribution in [3.63, 3.8) is 0 Å². The second kappa shape index (κ2) is 32.0. The summed E-state index contributed by atoms with van der Waals surface area (Å²) in [6, 6.07) is -0.936. The Morgan fingerprint density at radius 2 is 1.19 bits per heavy atom. The van der Waals surface area contributed by atoms with Gasteiger partial charge in [0, 0.05) is 6.42 Å². The zero-order chi connectivity index (χ0) is 39.2. The molecule has 1 rings (SSSR count). The Morgan fingerprint density at radius 1 is 0.736 bits per heavy atom. The van der Waals surface area contributed by atoms with Crippen LogP contribution in [0.2, 0.25) is 0 Å². The molecule has 1 saturated heterocycles. The molecule has 0 aliphatic carbocycles. The minimum Gasteiger partial charge on any atom is -0.394 e. The Labute approximate surface area is 321 Å². The molecule has 13 heteroatoms. The standard InChI is InChI=1S/C40H77NO11S/c1-3-5-7-9-11-13-15-16-17-18-20-21-23-25-27-29-34(43)33(41-36(44)30-28-26-24-22-19-14-12-10-8-6-4-2)32-50-40-38(46)39(52-53(47,48)49)37(45)35(31-42)51-40/h27,29,33-35,37-40,42-43,45-46H,3-26,28,30-32H2,1-2H3,(H,41,44)(H,47,48,49)/b29-27+. The van der Waals surface area contributed by atoms with E-state index in [1.54, 1.807) is 6.08 Å². The van der Waals surface area contributed by atoms with E-state index in [1.807, 2.05) is 6.08 Å². The topological polar surface area (TPSA) is 192 Å². The number of carbonyl (C=O) groups is 1. The van der Waals surface area contributed by atoms with E-state index >= 15 is 0 Å². The number of hydrogen-bond acceptors (Lipinski definition) is 10. The second-order valence-electron chi connectivity index (χ2n) is 14.9. The fourth-order valence-corrected chi connectivity index (χ4v) is 7.26. The molecule has 0 spiro atoms. The van der Waals surface area contributed by atoms with Gasteiger partial charge < -0.3 is 35.2 Å². The number of rotatable bonds is 35. The van der Waals surface area contributed by atoms with E-state index in [4.69, 9.17) is 14.0 Å². The van der Waals surface area contributed by atoms with Crippen molar-refractivity contribution in [3.8, 4) is 0 Å². The summed E-state index contributed by atoms with van der Waals surface area (Å²) in [6.45, 7) is 3.36. The van der Waals surface area contributed by atoms with Gasteiger partial charge >= 0.3 is 10.4 Å². The van der Waals surface area contributed by atoms with Crippen LogP contribution in [0.4, 0.5) is 0 Å². The molecule has 7 atom stereocenters. The SMILES string of the molecule is CCCCCCCCCCCCCCC/C=C/C(O)C(COC1OC(CO)C(O)C(OS(=O)(=O)O)C1O)NC(=O)CCCCCCCCCCCCC. The zero-order valence-corrected chi connectivity index (χ0v) is 33.9.